The minimum atomic E-state index is 0.00911. The first-order valence-corrected chi connectivity index (χ1v) is 7.07. The van der Waals surface area contributed by atoms with E-state index in [1.165, 1.54) is 21.6 Å². The summed E-state index contributed by atoms with van der Waals surface area (Å²) >= 11 is 1.66. The Labute approximate surface area is 116 Å². The molecule has 4 heteroatoms. The number of aromatic nitrogens is 2. The van der Waals surface area contributed by atoms with Crippen LogP contribution in [0.15, 0.2) is 24.4 Å². The molecule has 0 fully saturated rings. The minimum absolute atomic E-state index is 0.00911. The van der Waals surface area contributed by atoms with Gasteiger partial charge in [-0.3, -0.25) is 4.40 Å². The van der Waals surface area contributed by atoms with Gasteiger partial charge in [0.15, 0.2) is 4.96 Å². The van der Waals surface area contributed by atoms with Gasteiger partial charge in [0.05, 0.1) is 24.2 Å². The van der Waals surface area contributed by atoms with E-state index in [2.05, 4.69) is 48.4 Å². The third-order valence-electron chi connectivity index (χ3n) is 3.55. The number of imidazole rings is 1. The molecule has 3 nitrogen and oxygen atoms in total. The lowest BCUT2D eigenvalue weighted by atomic mass is 10.0. The summed E-state index contributed by atoms with van der Waals surface area (Å²) in [4.78, 5) is 6.52. The largest absolute Gasteiger partial charge is 0.390 e. The van der Waals surface area contributed by atoms with Crippen LogP contribution in [-0.4, -0.2) is 14.5 Å². The van der Waals surface area contributed by atoms with Gasteiger partial charge >= 0.3 is 0 Å². The van der Waals surface area contributed by atoms with Gasteiger partial charge in [0.25, 0.3) is 0 Å². The number of thiazole rings is 1. The number of hydrogen-bond acceptors (Lipinski definition) is 3. The maximum atomic E-state index is 9.45. The number of benzene rings is 1. The van der Waals surface area contributed by atoms with Gasteiger partial charge < -0.3 is 5.11 Å². The van der Waals surface area contributed by atoms with Gasteiger partial charge in [0.2, 0.25) is 0 Å². The predicted molar refractivity (Wildman–Crippen MR) is 78.6 cm³/mol. The average Bonchev–Trinajstić information content (AvgIpc) is 2.90. The van der Waals surface area contributed by atoms with Gasteiger partial charge in [-0.05, 0) is 43.5 Å². The molecule has 0 radical (unpaired) electrons. The molecular formula is C15H16N2OS. The van der Waals surface area contributed by atoms with Gasteiger partial charge in [-0.25, -0.2) is 4.98 Å². The maximum absolute atomic E-state index is 9.45. The first-order chi connectivity index (χ1) is 9.11. The fraction of sp³-hybridized carbons (Fsp3) is 0.267. The molecule has 3 rings (SSSR count). The molecule has 0 aliphatic carbocycles. The van der Waals surface area contributed by atoms with Gasteiger partial charge in [0.1, 0.15) is 0 Å². The molecule has 0 unspecified atom stereocenters. The molecular weight excluding hydrogens is 256 g/mol. The fourth-order valence-electron chi connectivity index (χ4n) is 2.35. The summed E-state index contributed by atoms with van der Waals surface area (Å²) in [5, 5.41) is 9.45. The zero-order valence-electron chi connectivity index (χ0n) is 11.3. The zero-order valence-corrected chi connectivity index (χ0v) is 12.1. The van der Waals surface area contributed by atoms with Crippen molar-refractivity contribution in [3.05, 3.63) is 46.1 Å². The van der Waals surface area contributed by atoms with Crippen molar-refractivity contribution in [3.63, 3.8) is 0 Å². The van der Waals surface area contributed by atoms with Crippen LogP contribution in [0.3, 0.4) is 0 Å². The number of hydrogen-bond donors (Lipinski definition) is 1. The normalized spacial score (nSPS) is 11.4. The maximum Gasteiger partial charge on any atom is 0.194 e. The van der Waals surface area contributed by atoms with E-state index in [0.717, 1.165) is 16.3 Å². The van der Waals surface area contributed by atoms with Crippen LogP contribution in [0.2, 0.25) is 0 Å². The van der Waals surface area contributed by atoms with E-state index in [1.807, 2.05) is 0 Å². The second-order valence-corrected chi connectivity index (χ2v) is 6.01. The van der Waals surface area contributed by atoms with E-state index in [9.17, 15) is 5.11 Å². The highest BCUT2D eigenvalue weighted by molar-refractivity contribution is 7.17. The average molecular weight is 272 g/mol. The highest BCUT2D eigenvalue weighted by Crippen LogP contribution is 2.33. The van der Waals surface area contributed by atoms with E-state index in [1.54, 1.807) is 17.5 Å². The molecule has 1 N–H and O–H groups in total. The van der Waals surface area contributed by atoms with Crippen molar-refractivity contribution in [2.75, 3.05) is 0 Å². The Hall–Kier alpha value is -1.65. The molecule has 98 valence electrons. The molecule has 0 spiro atoms. The Bertz CT molecular complexity index is 755. The summed E-state index contributed by atoms with van der Waals surface area (Å²) in [5.74, 6) is 0. The molecule has 0 saturated heterocycles. The zero-order chi connectivity index (χ0) is 13.6. The molecule has 0 atom stereocenters. The highest BCUT2D eigenvalue weighted by Gasteiger charge is 2.15. The van der Waals surface area contributed by atoms with Crippen molar-refractivity contribution < 1.29 is 5.11 Å². The van der Waals surface area contributed by atoms with E-state index in [4.69, 9.17) is 0 Å². The van der Waals surface area contributed by atoms with Crippen molar-refractivity contribution in [3.8, 4) is 11.3 Å². The summed E-state index contributed by atoms with van der Waals surface area (Å²) in [6, 6.07) is 6.48. The topological polar surface area (TPSA) is 37.5 Å². The Morgan fingerprint density at radius 2 is 2.00 bits per heavy atom. The fourth-order valence-corrected chi connectivity index (χ4v) is 3.34. The summed E-state index contributed by atoms with van der Waals surface area (Å²) in [5.41, 5.74) is 5.74. The monoisotopic (exact) mass is 272 g/mol. The van der Waals surface area contributed by atoms with Crippen molar-refractivity contribution in [1.29, 1.82) is 0 Å². The van der Waals surface area contributed by atoms with E-state index in [-0.39, 0.29) is 6.61 Å². The van der Waals surface area contributed by atoms with Crippen LogP contribution in [0.5, 0.6) is 0 Å². The van der Waals surface area contributed by atoms with E-state index >= 15 is 0 Å². The Kier molecular flexibility index (Phi) is 2.92. The van der Waals surface area contributed by atoms with Crippen LogP contribution in [0.1, 0.15) is 21.7 Å². The summed E-state index contributed by atoms with van der Waals surface area (Å²) in [6.45, 7) is 6.35. The molecule has 0 bridgehead atoms. The second-order valence-electron chi connectivity index (χ2n) is 4.83. The smallest absolute Gasteiger partial charge is 0.194 e. The summed E-state index contributed by atoms with van der Waals surface area (Å²) in [6.07, 6.45) is 1.75. The molecule has 0 aliphatic rings. The predicted octanol–water partition coefficient (Wildman–Crippen LogP) is 3.48. The lowest BCUT2D eigenvalue weighted by Gasteiger charge is -2.07. The summed E-state index contributed by atoms with van der Waals surface area (Å²) in [7, 11) is 0. The Morgan fingerprint density at radius 3 is 2.68 bits per heavy atom. The molecule has 0 saturated carbocycles. The first kappa shape index (κ1) is 12.4. The lowest BCUT2D eigenvalue weighted by Crippen LogP contribution is -1.95. The standard InChI is InChI=1S/C15H16N2OS/c1-9-4-5-12(6-10(9)2)14-11(3)19-15-16-7-13(8-18)17(14)15/h4-7,18H,8H2,1-3H3. The van der Waals surface area contributed by atoms with Crippen LogP contribution in [0.25, 0.3) is 16.2 Å². The van der Waals surface area contributed by atoms with Crippen LogP contribution < -0.4 is 0 Å². The second kappa shape index (κ2) is 4.47. The van der Waals surface area contributed by atoms with Gasteiger partial charge in [-0.2, -0.15) is 0 Å². The molecule has 2 heterocycles. The highest BCUT2D eigenvalue weighted by atomic mass is 32.1. The number of rotatable bonds is 2. The number of aryl methyl sites for hydroxylation is 3. The molecule has 1 aromatic carbocycles. The van der Waals surface area contributed by atoms with Gasteiger partial charge in [0, 0.05) is 4.88 Å². The first-order valence-electron chi connectivity index (χ1n) is 6.26. The van der Waals surface area contributed by atoms with Crippen molar-refractivity contribution in [2.24, 2.45) is 0 Å². The lowest BCUT2D eigenvalue weighted by molar-refractivity contribution is 0.276. The number of aliphatic hydroxyl groups excluding tert-OH is 1. The minimum Gasteiger partial charge on any atom is -0.390 e. The van der Waals surface area contributed by atoms with Crippen molar-refractivity contribution >= 4 is 16.3 Å². The van der Waals surface area contributed by atoms with Crippen LogP contribution in [0.4, 0.5) is 0 Å². The Morgan fingerprint density at radius 1 is 1.21 bits per heavy atom. The molecule has 0 aliphatic heterocycles. The van der Waals surface area contributed by atoms with Crippen LogP contribution >= 0.6 is 11.3 Å². The summed E-state index contributed by atoms with van der Waals surface area (Å²) < 4.78 is 2.06. The Balaban J connectivity index is 2.31. The third kappa shape index (κ3) is 1.88. The molecule has 2 aromatic heterocycles. The van der Waals surface area contributed by atoms with Gasteiger partial charge in [-0.1, -0.05) is 12.1 Å². The number of aliphatic hydroxyl groups is 1. The quantitative estimate of drug-likeness (QED) is 0.775. The van der Waals surface area contributed by atoms with E-state index < -0.39 is 0 Å². The van der Waals surface area contributed by atoms with Crippen LogP contribution in [0, 0.1) is 20.8 Å². The van der Waals surface area contributed by atoms with Crippen molar-refractivity contribution in [1.82, 2.24) is 9.38 Å². The number of nitrogens with zero attached hydrogens (tertiary/aromatic N) is 2. The van der Waals surface area contributed by atoms with Crippen molar-refractivity contribution in [2.45, 2.75) is 27.4 Å². The number of fused-ring (bicyclic) bond motifs is 1. The molecule has 3 aromatic rings. The third-order valence-corrected chi connectivity index (χ3v) is 4.52. The molecule has 19 heavy (non-hydrogen) atoms. The van der Waals surface area contributed by atoms with Gasteiger partial charge in [-0.15, -0.1) is 11.3 Å². The molecule has 0 amide bonds. The van der Waals surface area contributed by atoms with Crippen LogP contribution in [-0.2, 0) is 6.61 Å². The SMILES string of the molecule is Cc1ccc(-c2c(C)sc3ncc(CO)n23)cc1C. The van der Waals surface area contributed by atoms with E-state index in [0.29, 0.717) is 0 Å².